The van der Waals surface area contributed by atoms with Crippen LogP contribution >= 0.6 is 0 Å². The van der Waals surface area contributed by atoms with Gasteiger partial charge in [0.25, 0.3) is 0 Å². The van der Waals surface area contributed by atoms with Gasteiger partial charge in [-0.3, -0.25) is 4.98 Å². The number of nitrogens with one attached hydrogen (secondary N) is 1. The summed E-state index contributed by atoms with van der Waals surface area (Å²) in [7, 11) is -3.40. The number of hydrogen-bond acceptors (Lipinski definition) is 4. The van der Waals surface area contributed by atoms with Crippen LogP contribution < -0.4 is 4.72 Å². The molecule has 0 atom stereocenters. The molecule has 1 heterocycles. The number of pyridine rings is 1. The van der Waals surface area contributed by atoms with Crippen molar-refractivity contribution >= 4 is 10.0 Å². The predicted octanol–water partition coefficient (Wildman–Crippen LogP) is 0.519. The fourth-order valence-corrected chi connectivity index (χ4v) is 2.89. The Balaban J connectivity index is 2.57. The van der Waals surface area contributed by atoms with Crippen molar-refractivity contribution in [2.24, 2.45) is 5.41 Å². The molecule has 0 fully saturated rings. The Kier molecular flexibility index (Phi) is 4.62. The van der Waals surface area contributed by atoms with Crippen molar-refractivity contribution in [3.05, 3.63) is 30.1 Å². The molecule has 2 N–H and O–H groups in total. The third-order valence-electron chi connectivity index (χ3n) is 2.21. The quantitative estimate of drug-likeness (QED) is 0.779. The van der Waals surface area contributed by atoms with Gasteiger partial charge in [-0.1, -0.05) is 19.9 Å². The van der Waals surface area contributed by atoms with Gasteiger partial charge in [0, 0.05) is 18.2 Å². The first-order valence-electron chi connectivity index (χ1n) is 5.33. The normalized spacial score (nSPS) is 12.6. The van der Waals surface area contributed by atoms with E-state index in [9.17, 15) is 8.42 Å². The van der Waals surface area contributed by atoms with Crippen LogP contribution in [0.2, 0.25) is 0 Å². The van der Waals surface area contributed by atoms with Gasteiger partial charge in [-0.05, 0) is 12.1 Å². The number of hydrogen-bond donors (Lipinski definition) is 2. The van der Waals surface area contributed by atoms with Crippen LogP contribution in [-0.4, -0.2) is 30.9 Å². The average Bonchev–Trinajstić information content (AvgIpc) is 2.27. The number of rotatable bonds is 6. The van der Waals surface area contributed by atoms with E-state index in [0.717, 1.165) is 0 Å². The third-order valence-corrected chi connectivity index (χ3v) is 3.95. The maximum absolute atomic E-state index is 11.7. The highest BCUT2D eigenvalue weighted by Gasteiger charge is 2.25. The van der Waals surface area contributed by atoms with E-state index in [4.69, 9.17) is 5.11 Å². The van der Waals surface area contributed by atoms with Crippen molar-refractivity contribution in [2.75, 3.05) is 12.4 Å². The summed E-state index contributed by atoms with van der Waals surface area (Å²) >= 11 is 0. The highest BCUT2D eigenvalue weighted by atomic mass is 32.2. The van der Waals surface area contributed by atoms with Gasteiger partial charge in [-0.15, -0.1) is 0 Å². The van der Waals surface area contributed by atoms with Crippen LogP contribution in [0.15, 0.2) is 24.4 Å². The van der Waals surface area contributed by atoms with Crippen LogP contribution in [0.3, 0.4) is 0 Å². The molecule has 17 heavy (non-hydrogen) atoms. The zero-order chi connectivity index (χ0) is 12.9. The summed E-state index contributed by atoms with van der Waals surface area (Å²) in [6.45, 7) is 3.40. The van der Waals surface area contributed by atoms with Gasteiger partial charge in [0.2, 0.25) is 10.0 Å². The van der Waals surface area contributed by atoms with Crippen molar-refractivity contribution in [1.29, 1.82) is 0 Å². The number of aliphatic hydroxyl groups is 1. The fraction of sp³-hybridized carbons (Fsp3) is 0.545. The van der Waals surface area contributed by atoms with Gasteiger partial charge < -0.3 is 5.11 Å². The SMILES string of the molecule is CC(C)(CO)CS(=O)(=O)NCc1ccccn1. The number of nitrogens with zero attached hydrogens (tertiary/aromatic N) is 1. The van der Waals surface area contributed by atoms with Gasteiger partial charge in [-0.2, -0.15) is 0 Å². The molecule has 1 aromatic heterocycles. The smallest absolute Gasteiger partial charge is 0.212 e. The maximum Gasteiger partial charge on any atom is 0.212 e. The Labute approximate surface area is 102 Å². The number of aromatic nitrogens is 1. The molecule has 1 rings (SSSR count). The molecule has 0 aliphatic carbocycles. The van der Waals surface area contributed by atoms with E-state index in [1.165, 1.54) is 0 Å². The molecule has 6 heteroatoms. The summed E-state index contributed by atoms with van der Waals surface area (Å²) in [4.78, 5) is 4.02. The van der Waals surface area contributed by atoms with Crippen LogP contribution in [0.25, 0.3) is 0 Å². The van der Waals surface area contributed by atoms with Crippen LogP contribution in [-0.2, 0) is 16.6 Å². The highest BCUT2D eigenvalue weighted by molar-refractivity contribution is 7.89. The molecular weight excluding hydrogens is 240 g/mol. The molecular formula is C11H18N2O3S. The summed E-state index contributed by atoms with van der Waals surface area (Å²) in [6.07, 6.45) is 1.61. The molecule has 0 radical (unpaired) electrons. The molecule has 0 amide bonds. The monoisotopic (exact) mass is 258 g/mol. The molecule has 0 aromatic carbocycles. The van der Waals surface area contributed by atoms with Crippen molar-refractivity contribution in [3.8, 4) is 0 Å². The Bertz CT molecular complexity index is 443. The molecule has 0 aliphatic heterocycles. The van der Waals surface area contributed by atoms with Gasteiger partial charge >= 0.3 is 0 Å². The molecule has 0 aliphatic rings. The van der Waals surface area contributed by atoms with Crippen molar-refractivity contribution in [2.45, 2.75) is 20.4 Å². The van der Waals surface area contributed by atoms with Gasteiger partial charge in [0.1, 0.15) is 0 Å². The third kappa shape index (κ3) is 5.25. The first-order valence-corrected chi connectivity index (χ1v) is 6.98. The maximum atomic E-state index is 11.7. The van der Waals surface area contributed by atoms with E-state index in [1.807, 2.05) is 0 Å². The van der Waals surface area contributed by atoms with Crippen LogP contribution in [0.4, 0.5) is 0 Å². The molecule has 0 saturated carbocycles. The van der Waals surface area contributed by atoms with E-state index >= 15 is 0 Å². The second kappa shape index (κ2) is 5.57. The molecule has 0 saturated heterocycles. The Morgan fingerprint density at radius 1 is 1.41 bits per heavy atom. The van der Waals surface area contributed by atoms with Crippen LogP contribution in [0, 0.1) is 5.41 Å². The molecule has 5 nitrogen and oxygen atoms in total. The lowest BCUT2D eigenvalue weighted by molar-refractivity contribution is 0.178. The average molecular weight is 258 g/mol. The first kappa shape index (κ1) is 14.1. The van der Waals surface area contributed by atoms with E-state index < -0.39 is 15.4 Å². The summed E-state index contributed by atoms with van der Waals surface area (Å²) in [6, 6.07) is 5.32. The van der Waals surface area contributed by atoms with E-state index in [0.29, 0.717) is 5.69 Å². The van der Waals surface area contributed by atoms with Gasteiger partial charge in [0.15, 0.2) is 0 Å². The minimum absolute atomic E-state index is 0.108. The van der Waals surface area contributed by atoms with Gasteiger partial charge in [-0.25, -0.2) is 13.1 Å². The van der Waals surface area contributed by atoms with Crippen LogP contribution in [0.1, 0.15) is 19.5 Å². The fourth-order valence-electron chi connectivity index (χ4n) is 1.30. The minimum Gasteiger partial charge on any atom is -0.396 e. The van der Waals surface area contributed by atoms with Gasteiger partial charge in [0.05, 0.1) is 18.0 Å². The first-order chi connectivity index (χ1) is 7.85. The van der Waals surface area contributed by atoms with E-state index in [2.05, 4.69) is 9.71 Å². The number of sulfonamides is 1. The second-order valence-electron chi connectivity index (χ2n) is 4.72. The minimum atomic E-state index is -3.40. The molecule has 0 spiro atoms. The zero-order valence-corrected chi connectivity index (χ0v) is 10.9. The Morgan fingerprint density at radius 2 is 2.12 bits per heavy atom. The molecule has 0 unspecified atom stereocenters. The van der Waals surface area contributed by atoms with Crippen molar-refractivity contribution in [3.63, 3.8) is 0 Å². The lowest BCUT2D eigenvalue weighted by Crippen LogP contribution is -2.35. The highest BCUT2D eigenvalue weighted by Crippen LogP contribution is 2.16. The zero-order valence-electron chi connectivity index (χ0n) is 10.0. The summed E-state index contributed by atoms with van der Waals surface area (Å²) in [5.41, 5.74) is 0.0218. The largest absolute Gasteiger partial charge is 0.396 e. The standard InChI is InChI=1S/C11H18N2O3S/c1-11(2,8-14)9-17(15,16)13-7-10-5-3-4-6-12-10/h3-6,13-14H,7-9H2,1-2H3. The van der Waals surface area contributed by atoms with E-state index in [-0.39, 0.29) is 18.9 Å². The summed E-state index contributed by atoms with van der Waals surface area (Å²) in [5, 5.41) is 9.04. The Hall–Kier alpha value is -0.980. The predicted molar refractivity (Wildman–Crippen MR) is 65.7 cm³/mol. The lowest BCUT2D eigenvalue weighted by atomic mass is 9.98. The Morgan fingerprint density at radius 3 is 2.65 bits per heavy atom. The number of aliphatic hydroxyl groups excluding tert-OH is 1. The second-order valence-corrected chi connectivity index (χ2v) is 6.53. The van der Waals surface area contributed by atoms with E-state index in [1.54, 1.807) is 38.2 Å². The van der Waals surface area contributed by atoms with Crippen LogP contribution in [0.5, 0.6) is 0 Å². The lowest BCUT2D eigenvalue weighted by Gasteiger charge is -2.21. The molecule has 1 aromatic rings. The molecule has 96 valence electrons. The summed E-state index contributed by atoms with van der Waals surface area (Å²) in [5.74, 6) is -0.108. The molecule has 0 bridgehead atoms. The topological polar surface area (TPSA) is 79.3 Å². The van der Waals surface area contributed by atoms with Crippen molar-refractivity contribution < 1.29 is 13.5 Å². The van der Waals surface area contributed by atoms with Crippen molar-refractivity contribution in [1.82, 2.24) is 9.71 Å². The summed E-state index contributed by atoms with van der Waals surface area (Å²) < 4.78 is 25.9.